The summed E-state index contributed by atoms with van der Waals surface area (Å²) in [6.07, 6.45) is 1.47. The van der Waals surface area contributed by atoms with Crippen LogP contribution in [0.4, 0.5) is 11.4 Å². The third-order valence-electron chi connectivity index (χ3n) is 1.73. The van der Waals surface area contributed by atoms with Gasteiger partial charge in [-0.25, -0.2) is 0 Å². The van der Waals surface area contributed by atoms with Crippen molar-refractivity contribution in [2.45, 2.75) is 0 Å². The van der Waals surface area contributed by atoms with Crippen LogP contribution in [0, 0.1) is 10.1 Å². The Hall–Kier alpha value is -2.31. The van der Waals surface area contributed by atoms with Gasteiger partial charge in [-0.15, -0.1) is 5.10 Å². The van der Waals surface area contributed by atoms with Gasteiger partial charge in [0.25, 0.3) is 5.69 Å². The van der Waals surface area contributed by atoms with Crippen LogP contribution >= 0.6 is 0 Å². The van der Waals surface area contributed by atoms with Crippen LogP contribution in [0.3, 0.4) is 0 Å². The molecule has 0 saturated heterocycles. The highest BCUT2D eigenvalue weighted by Gasteiger charge is 2.09. The maximum atomic E-state index is 10.4. The number of hydrazine groups is 2. The Morgan fingerprint density at radius 2 is 2.07 bits per heavy atom. The minimum Gasteiger partial charge on any atom is -0.266 e. The van der Waals surface area contributed by atoms with Gasteiger partial charge in [0.15, 0.2) is 0 Å². The van der Waals surface area contributed by atoms with Crippen LogP contribution in [0.2, 0.25) is 0 Å². The fourth-order valence-electron chi connectivity index (χ4n) is 1.06. The summed E-state index contributed by atoms with van der Waals surface area (Å²) in [6.45, 7) is 0. The Kier molecular flexibility index (Phi) is 1.90. The molecule has 0 radical (unpaired) electrons. The number of nitrogens with zero attached hydrogens (tertiary/aromatic N) is 3. The maximum absolute atomic E-state index is 10.4. The molecule has 1 heterocycles. The van der Waals surface area contributed by atoms with Gasteiger partial charge in [0, 0.05) is 12.1 Å². The molecule has 0 bridgehead atoms. The van der Waals surface area contributed by atoms with Crippen molar-refractivity contribution in [1.29, 1.82) is 0 Å². The molecule has 0 spiro atoms. The van der Waals surface area contributed by atoms with E-state index in [9.17, 15) is 10.1 Å². The molecule has 7 nitrogen and oxygen atoms in total. The van der Waals surface area contributed by atoms with Gasteiger partial charge in [-0.1, -0.05) is 0 Å². The normalized spacial score (nSPS) is 13.6. The SMILES string of the molecule is O=[N+]([O-])c1ccc(N2NC=NN2)cc1. The summed E-state index contributed by atoms with van der Waals surface area (Å²) in [5, 5.41) is 15.6. The van der Waals surface area contributed by atoms with Gasteiger partial charge >= 0.3 is 0 Å². The molecule has 7 heteroatoms. The van der Waals surface area contributed by atoms with Crippen LogP contribution in [0.25, 0.3) is 0 Å². The first-order valence-electron chi connectivity index (χ1n) is 3.85. The summed E-state index contributed by atoms with van der Waals surface area (Å²) >= 11 is 0. The van der Waals surface area contributed by atoms with Crippen LogP contribution in [-0.2, 0) is 0 Å². The van der Waals surface area contributed by atoms with Crippen molar-refractivity contribution in [1.82, 2.24) is 11.0 Å². The van der Waals surface area contributed by atoms with Crippen molar-refractivity contribution >= 4 is 17.7 Å². The first-order valence-corrected chi connectivity index (χ1v) is 3.85. The summed E-state index contributed by atoms with van der Waals surface area (Å²) in [4.78, 5) is 9.93. The lowest BCUT2D eigenvalue weighted by Crippen LogP contribution is -2.38. The number of nitro benzene ring substituents is 1. The minimum atomic E-state index is -0.439. The zero-order chi connectivity index (χ0) is 9.97. The van der Waals surface area contributed by atoms with E-state index in [-0.39, 0.29) is 5.69 Å². The average Bonchev–Trinajstić information content (AvgIpc) is 2.71. The van der Waals surface area contributed by atoms with Crippen LogP contribution in [0.1, 0.15) is 0 Å². The van der Waals surface area contributed by atoms with Crippen LogP contribution < -0.4 is 16.1 Å². The summed E-state index contributed by atoms with van der Waals surface area (Å²) in [7, 11) is 0. The Morgan fingerprint density at radius 1 is 1.36 bits per heavy atom. The molecular formula is C7H7N5O2. The van der Waals surface area contributed by atoms with Crippen molar-refractivity contribution in [3.05, 3.63) is 34.4 Å². The second-order valence-corrected chi connectivity index (χ2v) is 2.60. The third kappa shape index (κ3) is 1.42. The molecule has 1 aliphatic rings. The number of hydrogen-bond acceptors (Lipinski definition) is 6. The number of anilines is 1. The highest BCUT2D eigenvalue weighted by Crippen LogP contribution is 2.17. The van der Waals surface area contributed by atoms with Crippen LogP contribution in [0.15, 0.2) is 29.4 Å². The van der Waals surface area contributed by atoms with Crippen LogP contribution in [0.5, 0.6) is 0 Å². The number of rotatable bonds is 2. The van der Waals surface area contributed by atoms with Gasteiger partial charge in [-0.2, -0.15) is 10.7 Å². The predicted molar refractivity (Wildman–Crippen MR) is 50.3 cm³/mol. The third-order valence-corrected chi connectivity index (χ3v) is 1.73. The summed E-state index contributed by atoms with van der Waals surface area (Å²) in [5.74, 6) is 0. The van der Waals surface area contributed by atoms with Gasteiger partial charge in [0.05, 0.1) is 10.6 Å². The van der Waals surface area contributed by atoms with Crippen molar-refractivity contribution < 1.29 is 4.92 Å². The van der Waals surface area contributed by atoms with Gasteiger partial charge in [0.1, 0.15) is 6.34 Å². The van der Waals surface area contributed by atoms with E-state index in [0.717, 1.165) is 5.69 Å². The smallest absolute Gasteiger partial charge is 0.266 e. The minimum absolute atomic E-state index is 0.0638. The van der Waals surface area contributed by atoms with E-state index < -0.39 is 4.92 Å². The standard InChI is InChI=1S/C7H7N5O2/c13-12(14)7-3-1-6(2-4-7)11-9-5-8-10-11/h1-5,10H,(H,8,9). The average molecular weight is 193 g/mol. The lowest BCUT2D eigenvalue weighted by atomic mass is 10.3. The second-order valence-electron chi connectivity index (χ2n) is 2.60. The summed E-state index contributed by atoms with van der Waals surface area (Å²) in [5.41, 5.74) is 6.23. The summed E-state index contributed by atoms with van der Waals surface area (Å²) < 4.78 is 0. The monoisotopic (exact) mass is 193 g/mol. The molecule has 0 atom stereocenters. The molecule has 2 rings (SSSR count). The van der Waals surface area contributed by atoms with Gasteiger partial charge in [0.2, 0.25) is 0 Å². The Bertz CT molecular complexity index is 366. The van der Waals surface area contributed by atoms with E-state index in [1.165, 1.54) is 23.6 Å². The molecule has 1 aromatic carbocycles. The lowest BCUT2D eigenvalue weighted by Gasteiger charge is -2.15. The number of nitro groups is 1. The molecular weight excluding hydrogens is 186 g/mol. The topological polar surface area (TPSA) is 82.8 Å². The van der Waals surface area contributed by atoms with E-state index >= 15 is 0 Å². The molecule has 0 unspecified atom stereocenters. The Morgan fingerprint density at radius 3 is 2.57 bits per heavy atom. The quantitative estimate of drug-likeness (QED) is 0.523. The highest BCUT2D eigenvalue weighted by atomic mass is 16.6. The van der Waals surface area contributed by atoms with E-state index in [2.05, 4.69) is 16.1 Å². The zero-order valence-electron chi connectivity index (χ0n) is 7.04. The van der Waals surface area contributed by atoms with Crippen molar-refractivity contribution in [2.75, 3.05) is 5.12 Å². The molecule has 1 aromatic rings. The number of hydrogen-bond donors (Lipinski definition) is 2. The number of hydrazone groups is 1. The van der Waals surface area contributed by atoms with Crippen molar-refractivity contribution in [3.63, 3.8) is 0 Å². The molecule has 72 valence electrons. The molecule has 0 aromatic heterocycles. The summed E-state index contributed by atoms with van der Waals surface area (Å²) in [6, 6.07) is 6.09. The first kappa shape index (κ1) is 8.30. The van der Waals surface area contributed by atoms with E-state index in [1.807, 2.05) is 0 Å². The highest BCUT2D eigenvalue weighted by molar-refractivity contribution is 5.62. The van der Waals surface area contributed by atoms with E-state index in [4.69, 9.17) is 0 Å². The molecule has 0 saturated carbocycles. The zero-order valence-corrected chi connectivity index (χ0v) is 7.04. The predicted octanol–water partition coefficient (Wildman–Crippen LogP) is 0.367. The molecule has 2 N–H and O–H groups in total. The molecule has 0 aliphatic carbocycles. The molecule has 14 heavy (non-hydrogen) atoms. The fourth-order valence-corrected chi connectivity index (χ4v) is 1.06. The van der Waals surface area contributed by atoms with E-state index in [1.54, 1.807) is 12.1 Å². The number of benzene rings is 1. The van der Waals surface area contributed by atoms with Gasteiger partial charge in [-0.05, 0) is 12.1 Å². The fraction of sp³-hybridized carbons (Fsp3) is 0. The van der Waals surface area contributed by atoms with Crippen LogP contribution in [-0.4, -0.2) is 11.3 Å². The lowest BCUT2D eigenvalue weighted by molar-refractivity contribution is -0.384. The Balaban J connectivity index is 2.17. The number of non-ortho nitro benzene ring substituents is 1. The second kappa shape index (κ2) is 3.21. The molecule has 1 aliphatic heterocycles. The van der Waals surface area contributed by atoms with Gasteiger partial charge < -0.3 is 0 Å². The van der Waals surface area contributed by atoms with Crippen molar-refractivity contribution in [3.8, 4) is 0 Å². The Labute approximate surface area is 79.1 Å². The maximum Gasteiger partial charge on any atom is 0.269 e. The number of nitrogens with one attached hydrogen (secondary N) is 2. The largest absolute Gasteiger partial charge is 0.269 e. The van der Waals surface area contributed by atoms with E-state index in [0.29, 0.717) is 0 Å². The molecule has 0 fully saturated rings. The van der Waals surface area contributed by atoms with Gasteiger partial charge in [-0.3, -0.25) is 15.5 Å². The molecule has 0 amide bonds. The first-order chi connectivity index (χ1) is 6.77. The van der Waals surface area contributed by atoms with Crippen molar-refractivity contribution in [2.24, 2.45) is 5.10 Å².